The van der Waals surface area contributed by atoms with Crippen molar-refractivity contribution in [2.75, 3.05) is 5.32 Å². The zero-order valence-electron chi connectivity index (χ0n) is 18.2. The summed E-state index contributed by atoms with van der Waals surface area (Å²) in [5, 5.41) is 18.0. The molecular formula is C24H22N4O5. The molecule has 1 heterocycles. The van der Waals surface area contributed by atoms with Crippen molar-refractivity contribution >= 4 is 28.9 Å². The molecule has 1 aromatic heterocycles. The molecule has 168 valence electrons. The van der Waals surface area contributed by atoms with Crippen LogP contribution in [0.4, 0.5) is 11.4 Å². The maximum atomic E-state index is 12.8. The summed E-state index contributed by atoms with van der Waals surface area (Å²) in [6.07, 6.45) is 2.05. The van der Waals surface area contributed by atoms with Gasteiger partial charge in [-0.1, -0.05) is 23.8 Å². The summed E-state index contributed by atoms with van der Waals surface area (Å²) < 4.78 is 5.85. The number of carbonyl (C=O) groups excluding carboxylic acids is 2. The first-order chi connectivity index (χ1) is 15.8. The summed E-state index contributed by atoms with van der Waals surface area (Å²) in [5.74, 6) is -0.0775. The van der Waals surface area contributed by atoms with Crippen molar-refractivity contribution in [1.29, 1.82) is 0 Å². The summed E-state index contributed by atoms with van der Waals surface area (Å²) in [4.78, 5) is 35.8. The fraction of sp³-hybridized carbons (Fsp3) is 0.208. The second-order valence-electron chi connectivity index (χ2n) is 7.84. The quantitative estimate of drug-likeness (QED) is 0.440. The first kappa shape index (κ1) is 21.9. The number of hydrogen-bond donors (Lipinski definition) is 2. The Labute approximate surface area is 189 Å². The summed E-state index contributed by atoms with van der Waals surface area (Å²) in [6, 6.07) is 12.9. The molecule has 0 spiro atoms. The zero-order chi connectivity index (χ0) is 23.5. The van der Waals surface area contributed by atoms with Crippen molar-refractivity contribution in [3.63, 3.8) is 0 Å². The highest BCUT2D eigenvalue weighted by molar-refractivity contribution is 6.09. The van der Waals surface area contributed by atoms with Crippen molar-refractivity contribution in [1.82, 2.24) is 5.43 Å². The van der Waals surface area contributed by atoms with E-state index >= 15 is 0 Å². The van der Waals surface area contributed by atoms with Gasteiger partial charge < -0.3 is 9.73 Å². The van der Waals surface area contributed by atoms with Gasteiger partial charge in [-0.25, -0.2) is 5.43 Å². The third-order valence-corrected chi connectivity index (χ3v) is 5.42. The highest BCUT2D eigenvalue weighted by atomic mass is 16.6. The summed E-state index contributed by atoms with van der Waals surface area (Å²) in [6.45, 7) is 3.67. The van der Waals surface area contributed by atoms with Gasteiger partial charge in [-0.3, -0.25) is 19.7 Å². The largest absolute Gasteiger partial charge is 0.455 e. The molecular weight excluding hydrogens is 424 g/mol. The van der Waals surface area contributed by atoms with Crippen LogP contribution in [0.25, 0.3) is 0 Å². The average Bonchev–Trinajstić information content (AvgIpc) is 3.15. The summed E-state index contributed by atoms with van der Waals surface area (Å²) >= 11 is 0. The van der Waals surface area contributed by atoms with Crippen molar-refractivity contribution in [2.45, 2.75) is 33.1 Å². The minimum Gasteiger partial charge on any atom is -0.455 e. The maximum Gasteiger partial charge on any atom is 0.291 e. The Hall–Kier alpha value is -4.27. The Bertz CT molecular complexity index is 1290. The van der Waals surface area contributed by atoms with Crippen LogP contribution in [0.2, 0.25) is 0 Å². The maximum absolute atomic E-state index is 12.8. The second-order valence-corrected chi connectivity index (χ2v) is 7.84. The predicted molar refractivity (Wildman–Crippen MR) is 123 cm³/mol. The molecule has 3 aromatic rings. The SMILES string of the molecule is Cc1cccc(C(=O)N/N=C2\CCCc3oc(C(=O)Nc4cccc([N+](=O)[O-])c4)c(C)c32)c1. The Morgan fingerprint density at radius 1 is 1.06 bits per heavy atom. The van der Waals surface area contributed by atoms with E-state index in [9.17, 15) is 19.7 Å². The number of benzene rings is 2. The van der Waals surface area contributed by atoms with Crippen LogP contribution in [-0.2, 0) is 6.42 Å². The van der Waals surface area contributed by atoms with E-state index in [2.05, 4.69) is 15.8 Å². The lowest BCUT2D eigenvalue weighted by molar-refractivity contribution is -0.384. The number of nitro benzene ring substituents is 1. The fourth-order valence-corrected chi connectivity index (χ4v) is 3.85. The van der Waals surface area contributed by atoms with Gasteiger partial charge in [0, 0.05) is 40.9 Å². The van der Waals surface area contributed by atoms with Gasteiger partial charge in [0.1, 0.15) is 5.76 Å². The van der Waals surface area contributed by atoms with E-state index in [0.29, 0.717) is 41.1 Å². The number of rotatable bonds is 5. The Kier molecular flexibility index (Phi) is 6.03. The predicted octanol–water partition coefficient (Wildman–Crippen LogP) is 4.53. The van der Waals surface area contributed by atoms with Gasteiger partial charge in [0.2, 0.25) is 0 Å². The topological polar surface area (TPSA) is 127 Å². The van der Waals surface area contributed by atoms with Crippen LogP contribution in [-0.4, -0.2) is 22.4 Å². The van der Waals surface area contributed by atoms with E-state index in [1.165, 1.54) is 18.2 Å². The van der Waals surface area contributed by atoms with Crippen LogP contribution < -0.4 is 10.7 Å². The fourth-order valence-electron chi connectivity index (χ4n) is 3.85. The number of nitro groups is 1. The molecule has 0 saturated heterocycles. The third-order valence-electron chi connectivity index (χ3n) is 5.42. The first-order valence-corrected chi connectivity index (χ1v) is 10.5. The molecule has 0 radical (unpaired) electrons. The molecule has 0 unspecified atom stereocenters. The number of hydrogen-bond acceptors (Lipinski definition) is 6. The van der Waals surface area contributed by atoms with Crippen molar-refractivity contribution in [3.8, 4) is 0 Å². The Morgan fingerprint density at radius 2 is 1.85 bits per heavy atom. The van der Waals surface area contributed by atoms with Crippen LogP contribution in [0.3, 0.4) is 0 Å². The van der Waals surface area contributed by atoms with Crippen LogP contribution in [0.1, 0.15) is 56.2 Å². The first-order valence-electron chi connectivity index (χ1n) is 10.5. The van der Waals surface area contributed by atoms with E-state index in [0.717, 1.165) is 17.5 Å². The molecule has 0 saturated carbocycles. The number of nitrogens with one attached hydrogen (secondary N) is 2. The Balaban J connectivity index is 1.56. The molecule has 2 aromatic carbocycles. The smallest absolute Gasteiger partial charge is 0.291 e. The molecule has 33 heavy (non-hydrogen) atoms. The number of amides is 2. The second kappa shape index (κ2) is 9.07. The number of nitrogens with zero attached hydrogens (tertiary/aromatic N) is 2. The number of fused-ring (bicyclic) bond motifs is 1. The van der Waals surface area contributed by atoms with Crippen molar-refractivity contribution < 1.29 is 18.9 Å². The van der Waals surface area contributed by atoms with Gasteiger partial charge in [-0.15, -0.1) is 0 Å². The molecule has 2 N–H and O–H groups in total. The van der Waals surface area contributed by atoms with Crippen LogP contribution in [0.5, 0.6) is 0 Å². The molecule has 9 heteroatoms. The lowest BCUT2D eigenvalue weighted by Gasteiger charge is -2.13. The van der Waals surface area contributed by atoms with Crippen LogP contribution in [0.15, 0.2) is 58.0 Å². The van der Waals surface area contributed by atoms with E-state index in [1.807, 2.05) is 19.1 Å². The lowest BCUT2D eigenvalue weighted by Crippen LogP contribution is -2.22. The summed E-state index contributed by atoms with van der Waals surface area (Å²) in [5.41, 5.74) is 6.23. The van der Waals surface area contributed by atoms with E-state index in [-0.39, 0.29) is 17.4 Å². The minimum atomic E-state index is -0.527. The minimum absolute atomic E-state index is 0.117. The van der Waals surface area contributed by atoms with Gasteiger partial charge >= 0.3 is 0 Å². The van der Waals surface area contributed by atoms with Gasteiger partial charge in [0.25, 0.3) is 17.5 Å². The standard InChI is InChI=1S/C24H22N4O5/c1-14-6-3-7-16(12-14)23(29)27-26-19-10-5-11-20-21(19)15(2)22(33-20)24(30)25-17-8-4-9-18(13-17)28(31)32/h3-4,6-9,12-13H,5,10-11H2,1-2H3,(H,25,30)(H,27,29)/b26-19+. The summed E-state index contributed by atoms with van der Waals surface area (Å²) in [7, 11) is 0. The van der Waals surface area contributed by atoms with E-state index in [1.54, 1.807) is 25.1 Å². The number of carbonyl (C=O) groups is 2. The molecule has 4 rings (SSSR count). The molecule has 0 fully saturated rings. The van der Waals surface area contributed by atoms with Gasteiger partial charge in [0.15, 0.2) is 5.76 Å². The lowest BCUT2D eigenvalue weighted by atomic mass is 9.93. The molecule has 2 amide bonds. The average molecular weight is 446 g/mol. The number of anilines is 1. The van der Waals surface area contributed by atoms with Crippen LogP contribution in [0, 0.1) is 24.0 Å². The molecule has 0 aliphatic heterocycles. The monoisotopic (exact) mass is 446 g/mol. The zero-order valence-corrected chi connectivity index (χ0v) is 18.2. The molecule has 1 aliphatic rings. The Morgan fingerprint density at radius 3 is 2.61 bits per heavy atom. The highest BCUT2D eigenvalue weighted by Crippen LogP contribution is 2.30. The number of hydrazone groups is 1. The van der Waals surface area contributed by atoms with Crippen molar-refractivity contribution in [3.05, 3.63) is 92.4 Å². The molecule has 9 nitrogen and oxygen atoms in total. The third kappa shape index (κ3) is 4.67. The van der Waals surface area contributed by atoms with E-state index < -0.39 is 10.8 Å². The normalized spacial score (nSPS) is 13.9. The highest BCUT2D eigenvalue weighted by Gasteiger charge is 2.28. The van der Waals surface area contributed by atoms with E-state index in [4.69, 9.17) is 4.42 Å². The molecule has 0 atom stereocenters. The van der Waals surface area contributed by atoms with Crippen molar-refractivity contribution in [2.24, 2.45) is 5.10 Å². The van der Waals surface area contributed by atoms with Gasteiger partial charge in [-0.05, 0) is 44.9 Å². The van der Waals surface area contributed by atoms with Gasteiger partial charge in [-0.2, -0.15) is 5.10 Å². The number of aryl methyl sites for hydroxylation is 2. The molecule has 0 bridgehead atoms. The van der Waals surface area contributed by atoms with Crippen LogP contribution >= 0.6 is 0 Å². The van der Waals surface area contributed by atoms with Gasteiger partial charge in [0.05, 0.1) is 10.6 Å². The number of furan rings is 1. The number of non-ortho nitro benzene ring substituents is 1. The molecule has 1 aliphatic carbocycles.